The summed E-state index contributed by atoms with van der Waals surface area (Å²) in [5.41, 5.74) is 3.14. The monoisotopic (exact) mass is 462 g/mol. The summed E-state index contributed by atoms with van der Waals surface area (Å²) in [7, 11) is 0. The summed E-state index contributed by atoms with van der Waals surface area (Å²) in [6.07, 6.45) is 2.33. The molecule has 30 heavy (non-hydrogen) atoms. The molecule has 0 unspecified atom stereocenters. The van der Waals surface area contributed by atoms with Gasteiger partial charge in [0.05, 0.1) is 17.3 Å². The molecule has 1 aromatic heterocycles. The third-order valence-electron chi connectivity index (χ3n) is 4.67. The number of unbranched alkanes of at least 4 members (excludes halogenated alkanes) is 1. The fourth-order valence-electron chi connectivity index (χ4n) is 2.93. The highest BCUT2D eigenvalue weighted by molar-refractivity contribution is 7.98. The van der Waals surface area contributed by atoms with Gasteiger partial charge >= 0.3 is 0 Å². The second kappa shape index (κ2) is 10.8. The predicted octanol–water partition coefficient (Wildman–Crippen LogP) is 5.98. The van der Waals surface area contributed by atoms with Crippen LogP contribution in [0.15, 0.2) is 47.6 Å². The molecule has 1 amide bonds. The minimum atomic E-state index is -0.00213. The molecule has 0 fully saturated rings. The summed E-state index contributed by atoms with van der Waals surface area (Å²) in [4.78, 5) is 12.1. The van der Waals surface area contributed by atoms with Crippen molar-refractivity contribution in [3.05, 3.63) is 69.5 Å². The Morgan fingerprint density at radius 1 is 1.17 bits per heavy atom. The van der Waals surface area contributed by atoms with E-state index in [0.717, 1.165) is 18.6 Å². The van der Waals surface area contributed by atoms with E-state index in [4.69, 9.17) is 23.2 Å². The molecule has 2 aromatic carbocycles. The Hall–Kier alpha value is -2.02. The molecule has 3 rings (SSSR count). The van der Waals surface area contributed by atoms with Gasteiger partial charge in [-0.15, -0.1) is 10.2 Å². The van der Waals surface area contributed by atoms with E-state index in [1.54, 1.807) is 30.0 Å². The second-order valence-corrected chi connectivity index (χ2v) is 8.71. The van der Waals surface area contributed by atoms with Crippen molar-refractivity contribution >= 4 is 40.9 Å². The number of hydrogen-bond donors (Lipinski definition) is 1. The van der Waals surface area contributed by atoms with Gasteiger partial charge < -0.3 is 5.32 Å². The molecule has 1 N–H and O–H groups in total. The van der Waals surface area contributed by atoms with Gasteiger partial charge in [-0.05, 0) is 42.7 Å². The average molecular weight is 463 g/mol. The van der Waals surface area contributed by atoms with Crippen LogP contribution in [0, 0.1) is 6.92 Å². The lowest BCUT2D eigenvalue weighted by Gasteiger charge is -2.13. The lowest BCUT2D eigenvalue weighted by molar-refractivity contribution is -0.121. The number of nitrogens with zero attached hydrogens (tertiary/aromatic N) is 3. The van der Waals surface area contributed by atoms with Crippen molar-refractivity contribution in [2.24, 2.45) is 0 Å². The molecule has 0 aliphatic heterocycles. The number of carbonyl (C=O) groups excluding carboxylic acids is 1. The zero-order valence-electron chi connectivity index (χ0n) is 17.0. The van der Waals surface area contributed by atoms with Crippen molar-refractivity contribution in [3.63, 3.8) is 0 Å². The molecule has 0 saturated heterocycles. The number of carbonyl (C=O) groups is 1. The number of amides is 1. The first-order valence-corrected chi connectivity index (χ1v) is 11.6. The Bertz CT molecular complexity index is 1020. The first kappa shape index (κ1) is 22.7. The minimum absolute atomic E-state index is 0.00213. The normalized spacial score (nSPS) is 10.9. The number of hydrogen-bond acceptors (Lipinski definition) is 4. The zero-order valence-corrected chi connectivity index (χ0v) is 19.3. The van der Waals surface area contributed by atoms with Crippen molar-refractivity contribution < 1.29 is 4.79 Å². The molecule has 158 valence electrons. The van der Waals surface area contributed by atoms with Gasteiger partial charge in [0.2, 0.25) is 5.91 Å². The standard InChI is InChI=1S/C22H24Cl2N4OS/c1-3-4-9-21(29)25-13-20-26-27-22(30-14-16-8-6-5-7-15(16)2)28(20)19-12-17(23)10-11-18(19)24/h5-8,10-12H,3-4,9,13-14H2,1-2H3,(H,25,29). The summed E-state index contributed by atoms with van der Waals surface area (Å²) in [6.45, 7) is 4.41. The number of thioether (sulfide) groups is 1. The second-order valence-electron chi connectivity index (χ2n) is 6.93. The molecule has 0 aliphatic rings. The van der Waals surface area contributed by atoms with Gasteiger partial charge in [-0.1, -0.05) is 72.6 Å². The maximum absolute atomic E-state index is 12.1. The molecular weight excluding hydrogens is 439 g/mol. The van der Waals surface area contributed by atoms with Crippen molar-refractivity contribution in [2.75, 3.05) is 0 Å². The molecule has 0 atom stereocenters. The van der Waals surface area contributed by atoms with E-state index in [-0.39, 0.29) is 12.5 Å². The zero-order chi connectivity index (χ0) is 21.5. The Morgan fingerprint density at radius 3 is 2.73 bits per heavy atom. The summed E-state index contributed by atoms with van der Waals surface area (Å²) >= 11 is 14.3. The highest BCUT2D eigenvalue weighted by Gasteiger charge is 2.18. The van der Waals surface area contributed by atoms with Crippen LogP contribution in [0.2, 0.25) is 10.0 Å². The van der Waals surface area contributed by atoms with Crippen LogP contribution in [0.4, 0.5) is 0 Å². The molecule has 0 aliphatic carbocycles. The Labute approximate surface area is 191 Å². The largest absolute Gasteiger partial charge is 0.349 e. The lowest BCUT2D eigenvalue weighted by Crippen LogP contribution is -2.24. The van der Waals surface area contributed by atoms with Crippen molar-refractivity contribution in [3.8, 4) is 5.69 Å². The summed E-state index contributed by atoms with van der Waals surface area (Å²) in [5.74, 6) is 1.35. The number of rotatable bonds is 9. The van der Waals surface area contributed by atoms with E-state index in [2.05, 4.69) is 41.5 Å². The smallest absolute Gasteiger partial charge is 0.220 e. The highest BCUT2D eigenvalue weighted by Crippen LogP contribution is 2.31. The summed E-state index contributed by atoms with van der Waals surface area (Å²) in [6, 6.07) is 13.5. The van der Waals surface area contributed by atoms with E-state index in [9.17, 15) is 4.79 Å². The Morgan fingerprint density at radius 2 is 1.97 bits per heavy atom. The fraction of sp³-hybridized carbons (Fsp3) is 0.318. The topological polar surface area (TPSA) is 59.8 Å². The quantitative estimate of drug-likeness (QED) is 0.397. The highest BCUT2D eigenvalue weighted by atomic mass is 35.5. The van der Waals surface area contributed by atoms with Crippen molar-refractivity contribution in [1.29, 1.82) is 0 Å². The fourth-order valence-corrected chi connectivity index (χ4v) is 4.33. The van der Waals surface area contributed by atoms with Crippen LogP contribution in [-0.2, 0) is 17.1 Å². The number of halogens is 2. The van der Waals surface area contributed by atoms with Crippen LogP contribution in [0.25, 0.3) is 5.69 Å². The van der Waals surface area contributed by atoms with E-state index < -0.39 is 0 Å². The maximum Gasteiger partial charge on any atom is 0.220 e. The van der Waals surface area contributed by atoms with Crippen LogP contribution in [-0.4, -0.2) is 20.7 Å². The van der Waals surface area contributed by atoms with Gasteiger partial charge in [-0.3, -0.25) is 9.36 Å². The van der Waals surface area contributed by atoms with Gasteiger partial charge in [0, 0.05) is 17.2 Å². The SMILES string of the molecule is CCCCC(=O)NCc1nnc(SCc2ccccc2C)n1-c1cc(Cl)ccc1Cl. The third-order valence-corrected chi connectivity index (χ3v) is 6.20. The molecule has 1 heterocycles. The molecule has 0 saturated carbocycles. The molecule has 5 nitrogen and oxygen atoms in total. The van der Waals surface area contributed by atoms with Gasteiger partial charge in [0.25, 0.3) is 0 Å². The van der Waals surface area contributed by atoms with Crippen molar-refractivity contribution in [1.82, 2.24) is 20.1 Å². The van der Waals surface area contributed by atoms with Crippen LogP contribution in [0.1, 0.15) is 43.1 Å². The van der Waals surface area contributed by atoms with E-state index in [1.165, 1.54) is 11.1 Å². The van der Waals surface area contributed by atoms with Gasteiger partial charge in [-0.2, -0.15) is 0 Å². The Balaban J connectivity index is 1.88. The lowest BCUT2D eigenvalue weighted by atomic mass is 10.1. The number of aryl methyl sites for hydroxylation is 1. The van der Waals surface area contributed by atoms with Crippen LogP contribution in [0.5, 0.6) is 0 Å². The van der Waals surface area contributed by atoms with Gasteiger partial charge in [0.15, 0.2) is 11.0 Å². The molecule has 3 aromatic rings. The molecule has 0 spiro atoms. The van der Waals surface area contributed by atoms with E-state index >= 15 is 0 Å². The van der Waals surface area contributed by atoms with Crippen LogP contribution < -0.4 is 5.32 Å². The molecule has 0 radical (unpaired) electrons. The summed E-state index contributed by atoms with van der Waals surface area (Å²) < 4.78 is 1.87. The van der Waals surface area contributed by atoms with Crippen LogP contribution in [0.3, 0.4) is 0 Å². The molecule has 0 bridgehead atoms. The maximum atomic E-state index is 12.1. The van der Waals surface area contributed by atoms with Gasteiger partial charge in [-0.25, -0.2) is 0 Å². The minimum Gasteiger partial charge on any atom is -0.349 e. The van der Waals surface area contributed by atoms with E-state index in [1.807, 2.05) is 16.7 Å². The number of nitrogens with one attached hydrogen (secondary N) is 1. The van der Waals surface area contributed by atoms with Crippen LogP contribution >= 0.6 is 35.0 Å². The van der Waals surface area contributed by atoms with Gasteiger partial charge in [0.1, 0.15) is 0 Å². The molecule has 8 heteroatoms. The predicted molar refractivity (Wildman–Crippen MR) is 123 cm³/mol. The van der Waals surface area contributed by atoms with Crippen molar-refractivity contribution in [2.45, 2.75) is 50.6 Å². The van der Waals surface area contributed by atoms with E-state index in [0.29, 0.717) is 33.1 Å². The summed E-state index contributed by atoms with van der Waals surface area (Å²) in [5, 5.41) is 13.4. The first-order valence-electron chi connectivity index (χ1n) is 9.83. The number of benzene rings is 2. The number of aromatic nitrogens is 3. The third kappa shape index (κ3) is 5.78. The Kier molecular flexibility index (Phi) is 8.19. The average Bonchev–Trinajstić information content (AvgIpc) is 3.14. The molecular formula is C22H24Cl2N4OS. The first-order chi connectivity index (χ1) is 14.5.